The van der Waals surface area contributed by atoms with Crippen LogP contribution >= 0.6 is 23.2 Å². The Balaban J connectivity index is 1.93. The number of hydrogen-bond donors (Lipinski definition) is 4. The van der Waals surface area contributed by atoms with E-state index in [2.05, 4.69) is 10.3 Å². The van der Waals surface area contributed by atoms with Crippen LogP contribution in [0.5, 0.6) is 11.5 Å². The topological polar surface area (TPSA) is 102 Å². The predicted molar refractivity (Wildman–Crippen MR) is 101 cm³/mol. The molecule has 4 N–H and O–H groups in total. The standard InChI is InChI=1S/C18H12Cl2N2O4/c19-11-5-9(1-3-15(11)23)21-13-7-14(18(26)8-17(13)25)22-10-2-4-16(24)12(20)6-10/h1-8,21,23-25H. The molecule has 0 aliphatic heterocycles. The second kappa shape index (κ2) is 7.11. The Kier molecular flexibility index (Phi) is 4.88. The fourth-order valence-corrected chi connectivity index (χ4v) is 2.55. The van der Waals surface area contributed by atoms with Gasteiger partial charge >= 0.3 is 0 Å². The monoisotopic (exact) mass is 390 g/mol. The van der Waals surface area contributed by atoms with Crippen molar-refractivity contribution in [2.75, 3.05) is 5.32 Å². The van der Waals surface area contributed by atoms with E-state index >= 15 is 0 Å². The molecule has 0 atom stereocenters. The zero-order chi connectivity index (χ0) is 18.8. The highest BCUT2D eigenvalue weighted by atomic mass is 35.5. The van der Waals surface area contributed by atoms with E-state index < -0.39 is 5.78 Å². The van der Waals surface area contributed by atoms with Gasteiger partial charge in [-0.15, -0.1) is 0 Å². The maximum Gasteiger partial charge on any atom is 0.208 e. The average Bonchev–Trinajstić information content (AvgIpc) is 2.58. The van der Waals surface area contributed by atoms with Gasteiger partial charge in [0.05, 0.1) is 21.4 Å². The van der Waals surface area contributed by atoms with Gasteiger partial charge in [0.2, 0.25) is 5.78 Å². The summed E-state index contributed by atoms with van der Waals surface area (Å²) in [7, 11) is 0. The van der Waals surface area contributed by atoms with Gasteiger partial charge in [0.1, 0.15) is 23.0 Å². The second-order valence-electron chi connectivity index (χ2n) is 5.38. The largest absolute Gasteiger partial charge is 0.506 e. The second-order valence-corrected chi connectivity index (χ2v) is 6.19. The molecule has 2 aromatic carbocycles. The molecule has 0 saturated carbocycles. The highest BCUT2D eigenvalue weighted by Gasteiger charge is 2.19. The number of nitrogens with zero attached hydrogens (tertiary/aromatic N) is 1. The molecular formula is C18H12Cl2N2O4. The number of phenolic OH excluding ortho intramolecular Hbond substituents is 2. The van der Waals surface area contributed by atoms with Crippen LogP contribution in [0.3, 0.4) is 0 Å². The average molecular weight is 391 g/mol. The summed E-state index contributed by atoms with van der Waals surface area (Å²) in [4.78, 5) is 16.3. The molecule has 1 aliphatic carbocycles. The maximum absolute atomic E-state index is 12.1. The van der Waals surface area contributed by atoms with Gasteiger partial charge in [-0.1, -0.05) is 23.2 Å². The van der Waals surface area contributed by atoms with Gasteiger partial charge in [-0.25, -0.2) is 4.99 Å². The molecule has 1 aliphatic rings. The molecule has 0 saturated heterocycles. The number of carbonyl (C=O) groups excluding carboxylic acids is 1. The van der Waals surface area contributed by atoms with Gasteiger partial charge in [0.25, 0.3) is 0 Å². The summed E-state index contributed by atoms with van der Waals surface area (Å²) in [5.74, 6) is -0.913. The summed E-state index contributed by atoms with van der Waals surface area (Å²) in [6.07, 6.45) is 2.41. The SMILES string of the molecule is O=C1C=C(O)C(Nc2ccc(O)c(Cl)c2)=CC1=Nc1ccc(O)c(Cl)c1. The first kappa shape index (κ1) is 17.8. The number of nitrogens with one attached hydrogen (secondary N) is 1. The third kappa shape index (κ3) is 3.82. The summed E-state index contributed by atoms with van der Waals surface area (Å²) in [6.45, 7) is 0. The molecule has 0 amide bonds. The van der Waals surface area contributed by atoms with Gasteiger partial charge in [-0.05, 0) is 42.5 Å². The molecule has 2 aromatic rings. The molecule has 0 fully saturated rings. The summed E-state index contributed by atoms with van der Waals surface area (Å²) >= 11 is 11.7. The lowest BCUT2D eigenvalue weighted by molar-refractivity contribution is -0.109. The van der Waals surface area contributed by atoms with Crippen LogP contribution in [0.2, 0.25) is 10.0 Å². The Morgan fingerprint density at radius 2 is 1.54 bits per heavy atom. The van der Waals surface area contributed by atoms with Gasteiger partial charge in [0.15, 0.2) is 0 Å². The van der Waals surface area contributed by atoms with Crippen molar-refractivity contribution in [3.63, 3.8) is 0 Å². The summed E-state index contributed by atoms with van der Waals surface area (Å²) < 4.78 is 0. The fraction of sp³-hybridized carbons (Fsp3) is 0. The minimum atomic E-state index is -0.485. The number of halogens is 2. The number of aromatic hydroxyl groups is 2. The van der Waals surface area contributed by atoms with E-state index in [-0.39, 0.29) is 38.7 Å². The van der Waals surface area contributed by atoms with Crippen LogP contribution in [-0.2, 0) is 4.79 Å². The third-order valence-corrected chi connectivity index (χ3v) is 4.09. The van der Waals surface area contributed by atoms with Crippen molar-refractivity contribution in [2.45, 2.75) is 0 Å². The minimum Gasteiger partial charge on any atom is -0.506 e. The highest BCUT2D eigenvalue weighted by molar-refractivity contribution is 6.49. The first-order chi connectivity index (χ1) is 12.3. The number of phenols is 2. The Hall–Kier alpha value is -2.96. The van der Waals surface area contributed by atoms with E-state index in [1.807, 2.05) is 0 Å². The first-order valence-electron chi connectivity index (χ1n) is 7.33. The molecule has 0 bridgehead atoms. The van der Waals surface area contributed by atoms with Crippen molar-refractivity contribution in [1.29, 1.82) is 0 Å². The Bertz CT molecular complexity index is 997. The highest BCUT2D eigenvalue weighted by Crippen LogP contribution is 2.29. The molecular weight excluding hydrogens is 379 g/mol. The molecule has 26 heavy (non-hydrogen) atoms. The van der Waals surface area contributed by atoms with Gasteiger partial charge in [-0.3, -0.25) is 4.79 Å². The number of aliphatic hydroxyl groups excluding tert-OH is 1. The molecule has 8 heteroatoms. The fourth-order valence-electron chi connectivity index (χ4n) is 2.19. The Morgan fingerprint density at radius 3 is 2.19 bits per heavy atom. The van der Waals surface area contributed by atoms with Crippen molar-refractivity contribution < 1.29 is 20.1 Å². The Labute approximate surface area is 158 Å². The molecule has 0 spiro atoms. The number of carbonyl (C=O) groups is 1. The number of ketones is 1. The summed E-state index contributed by atoms with van der Waals surface area (Å²) in [5.41, 5.74) is 1.17. The van der Waals surface area contributed by atoms with Gasteiger partial charge in [-0.2, -0.15) is 0 Å². The number of benzene rings is 2. The number of anilines is 1. The van der Waals surface area contributed by atoms with E-state index in [9.17, 15) is 20.1 Å². The van der Waals surface area contributed by atoms with E-state index in [1.54, 1.807) is 6.07 Å². The zero-order valence-electron chi connectivity index (χ0n) is 13.1. The molecule has 0 heterocycles. The molecule has 0 aromatic heterocycles. The summed E-state index contributed by atoms with van der Waals surface area (Å²) in [6, 6.07) is 8.70. The van der Waals surface area contributed by atoms with E-state index in [0.717, 1.165) is 6.08 Å². The van der Waals surface area contributed by atoms with Crippen LogP contribution in [0.15, 0.2) is 65.0 Å². The van der Waals surface area contributed by atoms with Gasteiger partial charge in [0, 0.05) is 11.8 Å². The number of aliphatic imine (C=N–C) groups is 1. The zero-order valence-corrected chi connectivity index (χ0v) is 14.6. The van der Waals surface area contributed by atoms with Crippen LogP contribution in [0.4, 0.5) is 11.4 Å². The lowest BCUT2D eigenvalue weighted by Crippen LogP contribution is -2.18. The molecule has 0 unspecified atom stereocenters. The summed E-state index contributed by atoms with van der Waals surface area (Å²) in [5, 5.41) is 32.1. The number of allylic oxidation sites excluding steroid dienone is 2. The van der Waals surface area contributed by atoms with Crippen molar-refractivity contribution in [1.82, 2.24) is 0 Å². The van der Waals surface area contributed by atoms with E-state index in [4.69, 9.17) is 23.2 Å². The first-order valence-corrected chi connectivity index (χ1v) is 8.09. The van der Waals surface area contributed by atoms with Crippen LogP contribution < -0.4 is 5.32 Å². The number of aliphatic hydroxyl groups is 1. The van der Waals surface area contributed by atoms with E-state index in [1.165, 1.54) is 36.4 Å². The minimum absolute atomic E-state index is 0.0666. The number of hydrogen-bond acceptors (Lipinski definition) is 6. The van der Waals surface area contributed by atoms with Crippen LogP contribution in [-0.4, -0.2) is 26.8 Å². The van der Waals surface area contributed by atoms with Crippen LogP contribution in [0.25, 0.3) is 0 Å². The maximum atomic E-state index is 12.1. The van der Waals surface area contributed by atoms with Gasteiger partial charge < -0.3 is 20.6 Å². The lowest BCUT2D eigenvalue weighted by Gasteiger charge is -2.15. The Morgan fingerprint density at radius 1 is 0.885 bits per heavy atom. The molecule has 132 valence electrons. The predicted octanol–water partition coefficient (Wildman–Crippen LogP) is 4.50. The van der Waals surface area contributed by atoms with Crippen molar-refractivity contribution in [2.24, 2.45) is 4.99 Å². The lowest BCUT2D eigenvalue weighted by atomic mass is 10.1. The smallest absolute Gasteiger partial charge is 0.208 e. The molecule has 0 radical (unpaired) electrons. The quantitative estimate of drug-likeness (QED) is 0.456. The third-order valence-electron chi connectivity index (χ3n) is 3.48. The van der Waals surface area contributed by atoms with Crippen molar-refractivity contribution in [3.8, 4) is 11.5 Å². The van der Waals surface area contributed by atoms with Crippen LogP contribution in [0, 0.1) is 0 Å². The normalized spacial score (nSPS) is 15.6. The van der Waals surface area contributed by atoms with Crippen molar-refractivity contribution in [3.05, 3.63) is 70.1 Å². The van der Waals surface area contributed by atoms with Crippen molar-refractivity contribution >= 4 is 46.1 Å². The van der Waals surface area contributed by atoms with E-state index in [0.29, 0.717) is 11.4 Å². The number of rotatable bonds is 3. The molecule has 3 rings (SSSR count). The molecule has 6 nitrogen and oxygen atoms in total. The van der Waals surface area contributed by atoms with Crippen LogP contribution in [0.1, 0.15) is 0 Å².